The van der Waals surface area contributed by atoms with Crippen LogP contribution in [0.4, 0.5) is 5.69 Å². The molecule has 23 heavy (non-hydrogen) atoms. The van der Waals surface area contributed by atoms with Gasteiger partial charge in [0, 0.05) is 5.56 Å². The van der Waals surface area contributed by atoms with Gasteiger partial charge in [0.05, 0.1) is 11.4 Å². The predicted molar refractivity (Wildman–Crippen MR) is 99.2 cm³/mol. The monoisotopic (exact) mass is 297 g/mol. The molecule has 0 unspecified atom stereocenters. The van der Waals surface area contributed by atoms with Crippen LogP contribution in [-0.2, 0) is 0 Å². The van der Waals surface area contributed by atoms with Crippen molar-refractivity contribution in [2.75, 3.05) is 0 Å². The fourth-order valence-electron chi connectivity index (χ4n) is 2.42. The van der Waals surface area contributed by atoms with Crippen LogP contribution in [0, 0.1) is 0 Å². The highest BCUT2D eigenvalue weighted by Crippen LogP contribution is 2.18. The fraction of sp³-hybridized carbons (Fsp3) is 0.0455. The molecule has 1 heteroatoms. The highest BCUT2D eigenvalue weighted by atomic mass is 14.7. The van der Waals surface area contributed by atoms with Crippen molar-refractivity contribution >= 4 is 17.0 Å². The van der Waals surface area contributed by atoms with E-state index in [1.807, 2.05) is 54.6 Å². The van der Waals surface area contributed by atoms with Gasteiger partial charge in [0.25, 0.3) is 0 Å². The standard InChI is InChI=1S/C22H19N/c1-18(19-11-5-2-6-12-19)17-22(20-13-7-3-8-14-20)23-21-15-9-4-10-16-21/h2-17H,1H3/b18-17+,23-22?. The third-order valence-electron chi connectivity index (χ3n) is 3.66. The molecule has 112 valence electrons. The van der Waals surface area contributed by atoms with Gasteiger partial charge in [0.15, 0.2) is 0 Å². The summed E-state index contributed by atoms with van der Waals surface area (Å²) in [4.78, 5) is 4.83. The Morgan fingerprint density at radius 3 is 1.70 bits per heavy atom. The average Bonchev–Trinajstić information content (AvgIpc) is 2.63. The Labute approximate surface area is 137 Å². The lowest BCUT2D eigenvalue weighted by molar-refractivity contribution is 1.49. The Balaban J connectivity index is 2.04. The molecule has 0 bridgehead atoms. The Morgan fingerprint density at radius 1 is 0.652 bits per heavy atom. The van der Waals surface area contributed by atoms with E-state index in [4.69, 9.17) is 4.99 Å². The third-order valence-corrected chi connectivity index (χ3v) is 3.66. The zero-order valence-corrected chi connectivity index (χ0v) is 13.2. The Kier molecular flexibility index (Phi) is 4.80. The lowest BCUT2D eigenvalue weighted by Crippen LogP contribution is -1.97. The number of rotatable bonds is 4. The second-order valence-electron chi connectivity index (χ2n) is 5.39. The van der Waals surface area contributed by atoms with Crippen LogP contribution >= 0.6 is 0 Å². The molecule has 3 aromatic rings. The van der Waals surface area contributed by atoms with E-state index in [0.717, 1.165) is 17.0 Å². The second-order valence-corrected chi connectivity index (χ2v) is 5.39. The van der Waals surface area contributed by atoms with Crippen molar-refractivity contribution in [1.82, 2.24) is 0 Å². The number of hydrogen-bond donors (Lipinski definition) is 0. The summed E-state index contributed by atoms with van der Waals surface area (Å²) in [5, 5.41) is 0. The minimum absolute atomic E-state index is 0.962. The van der Waals surface area contributed by atoms with E-state index < -0.39 is 0 Å². The van der Waals surface area contributed by atoms with Gasteiger partial charge in [-0.1, -0.05) is 78.9 Å². The van der Waals surface area contributed by atoms with Crippen LogP contribution < -0.4 is 0 Å². The first kappa shape index (κ1) is 15.0. The zero-order valence-electron chi connectivity index (χ0n) is 13.2. The van der Waals surface area contributed by atoms with Gasteiger partial charge in [0.2, 0.25) is 0 Å². The molecule has 3 aromatic carbocycles. The predicted octanol–water partition coefficient (Wildman–Crippen LogP) is 5.91. The molecule has 0 saturated carbocycles. The summed E-state index contributed by atoms with van der Waals surface area (Å²) in [6, 6.07) is 30.8. The zero-order chi connectivity index (χ0) is 15.9. The number of aliphatic imine (C=N–C) groups is 1. The maximum absolute atomic E-state index is 4.83. The summed E-state index contributed by atoms with van der Waals surface area (Å²) in [6.45, 7) is 2.12. The van der Waals surface area contributed by atoms with E-state index in [-0.39, 0.29) is 0 Å². The molecule has 0 saturated heterocycles. The Hall–Kier alpha value is -2.93. The molecule has 0 fully saturated rings. The molecule has 0 heterocycles. The summed E-state index contributed by atoms with van der Waals surface area (Å²) in [7, 11) is 0. The maximum Gasteiger partial charge on any atom is 0.0712 e. The van der Waals surface area contributed by atoms with Gasteiger partial charge in [-0.25, -0.2) is 4.99 Å². The fourth-order valence-corrected chi connectivity index (χ4v) is 2.42. The van der Waals surface area contributed by atoms with E-state index >= 15 is 0 Å². The average molecular weight is 297 g/mol. The summed E-state index contributed by atoms with van der Waals surface area (Å²) in [5.74, 6) is 0. The quantitative estimate of drug-likeness (QED) is 0.531. The van der Waals surface area contributed by atoms with Crippen LogP contribution in [0.1, 0.15) is 18.1 Å². The molecule has 3 rings (SSSR count). The first-order valence-electron chi connectivity index (χ1n) is 7.76. The first-order chi connectivity index (χ1) is 11.3. The Morgan fingerprint density at radius 2 is 1.13 bits per heavy atom. The summed E-state index contributed by atoms with van der Waals surface area (Å²) in [5.41, 5.74) is 5.46. The lowest BCUT2D eigenvalue weighted by Gasteiger charge is -2.06. The molecule has 0 spiro atoms. The van der Waals surface area contributed by atoms with Gasteiger partial charge >= 0.3 is 0 Å². The van der Waals surface area contributed by atoms with E-state index in [1.165, 1.54) is 11.1 Å². The van der Waals surface area contributed by atoms with Crippen LogP contribution in [0.5, 0.6) is 0 Å². The molecule has 0 aliphatic rings. The van der Waals surface area contributed by atoms with E-state index in [2.05, 4.69) is 49.4 Å². The van der Waals surface area contributed by atoms with Crippen LogP contribution in [0.2, 0.25) is 0 Å². The van der Waals surface area contributed by atoms with Gasteiger partial charge in [-0.3, -0.25) is 0 Å². The number of para-hydroxylation sites is 1. The van der Waals surface area contributed by atoms with Crippen molar-refractivity contribution in [2.45, 2.75) is 6.92 Å². The lowest BCUT2D eigenvalue weighted by atomic mass is 10.0. The highest BCUT2D eigenvalue weighted by Gasteiger charge is 2.03. The largest absolute Gasteiger partial charge is 0.248 e. The van der Waals surface area contributed by atoms with Gasteiger partial charge in [-0.15, -0.1) is 0 Å². The van der Waals surface area contributed by atoms with Crippen molar-refractivity contribution in [2.24, 2.45) is 4.99 Å². The first-order valence-corrected chi connectivity index (χ1v) is 7.76. The molecule has 1 nitrogen and oxygen atoms in total. The molecule has 0 amide bonds. The van der Waals surface area contributed by atoms with Crippen LogP contribution in [-0.4, -0.2) is 5.71 Å². The molecule has 0 N–H and O–H groups in total. The van der Waals surface area contributed by atoms with Crippen molar-refractivity contribution in [3.63, 3.8) is 0 Å². The molecule has 0 aliphatic heterocycles. The number of nitrogens with zero attached hydrogens (tertiary/aromatic N) is 1. The topological polar surface area (TPSA) is 12.4 Å². The van der Waals surface area contributed by atoms with E-state index in [1.54, 1.807) is 0 Å². The molecular weight excluding hydrogens is 278 g/mol. The number of hydrogen-bond acceptors (Lipinski definition) is 1. The molecule has 0 atom stereocenters. The normalized spacial score (nSPS) is 12.2. The third kappa shape index (κ3) is 4.04. The SMILES string of the molecule is C/C(=C\C(=Nc1ccccc1)c1ccccc1)c1ccccc1. The number of benzene rings is 3. The van der Waals surface area contributed by atoms with Gasteiger partial charge in [-0.05, 0) is 36.3 Å². The Bertz CT molecular complexity index is 800. The van der Waals surface area contributed by atoms with E-state index in [0.29, 0.717) is 0 Å². The minimum Gasteiger partial charge on any atom is -0.248 e. The summed E-state index contributed by atoms with van der Waals surface area (Å²) < 4.78 is 0. The summed E-state index contributed by atoms with van der Waals surface area (Å²) >= 11 is 0. The van der Waals surface area contributed by atoms with Gasteiger partial charge in [0.1, 0.15) is 0 Å². The molecular formula is C22H19N. The minimum atomic E-state index is 0.962. The van der Waals surface area contributed by atoms with Crippen LogP contribution in [0.25, 0.3) is 5.57 Å². The van der Waals surface area contributed by atoms with Crippen molar-refractivity contribution in [3.8, 4) is 0 Å². The van der Waals surface area contributed by atoms with Crippen molar-refractivity contribution in [3.05, 3.63) is 108 Å². The van der Waals surface area contributed by atoms with Gasteiger partial charge < -0.3 is 0 Å². The highest BCUT2D eigenvalue weighted by molar-refractivity contribution is 6.13. The van der Waals surface area contributed by atoms with Crippen LogP contribution in [0.3, 0.4) is 0 Å². The molecule has 0 radical (unpaired) electrons. The smallest absolute Gasteiger partial charge is 0.0712 e. The molecule has 0 aliphatic carbocycles. The van der Waals surface area contributed by atoms with E-state index in [9.17, 15) is 0 Å². The molecule has 0 aromatic heterocycles. The second kappa shape index (κ2) is 7.37. The summed E-state index contributed by atoms with van der Waals surface area (Å²) in [6.07, 6.45) is 2.15. The van der Waals surface area contributed by atoms with Gasteiger partial charge in [-0.2, -0.15) is 0 Å². The van der Waals surface area contributed by atoms with Crippen LogP contribution in [0.15, 0.2) is 102 Å². The number of allylic oxidation sites excluding steroid dienone is 2. The maximum atomic E-state index is 4.83. The van der Waals surface area contributed by atoms with Crippen molar-refractivity contribution < 1.29 is 0 Å². The van der Waals surface area contributed by atoms with Crippen molar-refractivity contribution in [1.29, 1.82) is 0 Å².